The van der Waals surface area contributed by atoms with Gasteiger partial charge in [0.1, 0.15) is 13.2 Å². The second kappa shape index (κ2) is 6.78. The molecule has 3 aliphatic rings. The summed E-state index contributed by atoms with van der Waals surface area (Å²) in [5, 5.41) is 0. The first-order valence-electron chi connectivity index (χ1n) is 9.22. The van der Waals surface area contributed by atoms with Gasteiger partial charge in [-0.25, -0.2) is 0 Å². The lowest BCUT2D eigenvalue weighted by Crippen LogP contribution is -2.47. The summed E-state index contributed by atoms with van der Waals surface area (Å²) in [7, 11) is -3.42. The first-order valence-corrected chi connectivity index (χ1v) is 10.6. The van der Waals surface area contributed by atoms with Gasteiger partial charge in [-0.3, -0.25) is 0 Å². The lowest BCUT2D eigenvalue weighted by Gasteiger charge is -2.35. The van der Waals surface area contributed by atoms with E-state index in [0.717, 1.165) is 42.7 Å². The highest BCUT2D eigenvalue weighted by molar-refractivity contribution is 7.86. The molecule has 2 atom stereocenters. The highest BCUT2D eigenvalue weighted by Crippen LogP contribution is 2.40. The summed E-state index contributed by atoms with van der Waals surface area (Å²) in [6.45, 7) is 5.08. The van der Waals surface area contributed by atoms with E-state index in [1.54, 1.807) is 8.61 Å². The number of benzene rings is 1. The fourth-order valence-corrected chi connectivity index (χ4v) is 6.13. The lowest BCUT2D eigenvalue weighted by atomic mass is 10.0. The molecule has 2 fully saturated rings. The number of nitrogens with zero attached hydrogens (tertiary/aromatic N) is 2. The minimum atomic E-state index is -3.42. The van der Waals surface area contributed by atoms with Crippen molar-refractivity contribution in [3.8, 4) is 11.5 Å². The summed E-state index contributed by atoms with van der Waals surface area (Å²) < 4.78 is 41.0. The van der Waals surface area contributed by atoms with E-state index in [0.29, 0.717) is 38.8 Å². The number of rotatable bonds is 3. The van der Waals surface area contributed by atoms with Crippen LogP contribution in [0.1, 0.15) is 44.2 Å². The van der Waals surface area contributed by atoms with Crippen molar-refractivity contribution in [1.29, 1.82) is 0 Å². The summed E-state index contributed by atoms with van der Waals surface area (Å²) >= 11 is 0. The van der Waals surface area contributed by atoms with Gasteiger partial charge in [-0.1, -0.05) is 13.0 Å². The minimum Gasteiger partial charge on any atom is -0.486 e. The van der Waals surface area contributed by atoms with E-state index in [1.165, 1.54) is 0 Å². The standard InChI is InChI=1S/C18H26N2O4S/c1-14-4-2-8-19(13-14)25(21,22)20-9-3-5-16(20)15-6-7-17-18(12-15)24-11-10-23-17/h6-7,12,14,16H,2-5,8-11,13H2,1H3. The summed E-state index contributed by atoms with van der Waals surface area (Å²) in [6.07, 6.45) is 3.80. The molecule has 2 saturated heterocycles. The SMILES string of the molecule is CC1CCCN(S(=O)(=O)N2CCCC2c2ccc3c(c2)OCCO3)C1. The normalized spacial score (nSPS) is 28.2. The Labute approximate surface area is 149 Å². The molecular weight excluding hydrogens is 340 g/mol. The monoisotopic (exact) mass is 366 g/mol. The first kappa shape index (κ1) is 17.1. The predicted molar refractivity (Wildman–Crippen MR) is 95.0 cm³/mol. The topological polar surface area (TPSA) is 59.1 Å². The highest BCUT2D eigenvalue weighted by Gasteiger charge is 2.40. The third-order valence-corrected chi connectivity index (χ3v) is 7.41. The zero-order chi connectivity index (χ0) is 17.4. The zero-order valence-electron chi connectivity index (χ0n) is 14.7. The molecule has 3 aliphatic heterocycles. The molecule has 0 radical (unpaired) electrons. The number of piperidine rings is 1. The average molecular weight is 366 g/mol. The van der Waals surface area contributed by atoms with E-state index >= 15 is 0 Å². The van der Waals surface area contributed by atoms with Gasteiger partial charge in [-0.2, -0.15) is 17.0 Å². The number of hydrogen-bond donors (Lipinski definition) is 0. The molecule has 138 valence electrons. The van der Waals surface area contributed by atoms with Gasteiger partial charge in [0.2, 0.25) is 0 Å². The Balaban J connectivity index is 1.60. The van der Waals surface area contributed by atoms with Crippen molar-refractivity contribution in [2.75, 3.05) is 32.8 Å². The van der Waals surface area contributed by atoms with E-state index in [2.05, 4.69) is 6.92 Å². The molecule has 0 saturated carbocycles. The van der Waals surface area contributed by atoms with Gasteiger partial charge in [0.05, 0.1) is 6.04 Å². The molecule has 0 aliphatic carbocycles. The van der Waals surface area contributed by atoms with Crippen molar-refractivity contribution in [1.82, 2.24) is 8.61 Å². The van der Waals surface area contributed by atoms with Crippen molar-refractivity contribution in [2.45, 2.75) is 38.6 Å². The quantitative estimate of drug-likeness (QED) is 0.825. The predicted octanol–water partition coefficient (Wildman–Crippen LogP) is 2.57. The summed E-state index contributed by atoms with van der Waals surface area (Å²) in [4.78, 5) is 0. The number of hydrogen-bond acceptors (Lipinski definition) is 4. The Morgan fingerprint density at radius 2 is 1.80 bits per heavy atom. The molecule has 7 heteroatoms. The highest BCUT2D eigenvalue weighted by atomic mass is 32.2. The molecule has 3 heterocycles. The van der Waals surface area contributed by atoms with E-state index in [1.807, 2.05) is 18.2 Å². The van der Waals surface area contributed by atoms with Crippen molar-refractivity contribution < 1.29 is 17.9 Å². The molecule has 0 N–H and O–H groups in total. The smallest absolute Gasteiger partial charge is 0.282 e. The van der Waals surface area contributed by atoms with Gasteiger partial charge in [0, 0.05) is 19.6 Å². The van der Waals surface area contributed by atoms with Crippen LogP contribution in [0.4, 0.5) is 0 Å². The Morgan fingerprint density at radius 1 is 1.04 bits per heavy atom. The second-order valence-corrected chi connectivity index (χ2v) is 9.17. The minimum absolute atomic E-state index is 0.113. The second-order valence-electron chi connectivity index (χ2n) is 7.29. The van der Waals surface area contributed by atoms with Gasteiger partial charge in [0.15, 0.2) is 11.5 Å². The van der Waals surface area contributed by atoms with Crippen LogP contribution in [0.3, 0.4) is 0 Å². The molecular formula is C18H26N2O4S. The van der Waals surface area contributed by atoms with Gasteiger partial charge < -0.3 is 9.47 Å². The van der Waals surface area contributed by atoms with Crippen LogP contribution in [0.5, 0.6) is 11.5 Å². The largest absolute Gasteiger partial charge is 0.486 e. The third kappa shape index (κ3) is 3.25. The molecule has 1 aromatic rings. The molecule has 6 nitrogen and oxygen atoms in total. The van der Waals surface area contributed by atoms with E-state index < -0.39 is 10.2 Å². The van der Waals surface area contributed by atoms with Crippen LogP contribution in [-0.4, -0.2) is 49.9 Å². The van der Waals surface area contributed by atoms with Gasteiger partial charge in [0.25, 0.3) is 10.2 Å². The maximum atomic E-state index is 13.2. The van der Waals surface area contributed by atoms with Crippen LogP contribution in [0.25, 0.3) is 0 Å². The van der Waals surface area contributed by atoms with Gasteiger partial charge >= 0.3 is 0 Å². The Morgan fingerprint density at radius 3 is 2.60 bits per heavy atom. The molecule has 1 aromatic carbocycles. The van der Waals surface area contributed by atoms with Crippen LogP contribution in [0.2, 0.25) is 0 Å². The van der Waals surface area contributed by atoms with Crippen LogP contribution in [-0.2, 0) is 10.2 Å². The van der Waals surface area contributed by atoms with Crippen molar-refractivity contribution in [3.05, 3.63) is 23.8 Å². The van der Waals surface area contributed by atoms with Crippen LogP contribution >= 0.6 is 0 Å². The van der Waals surface area contributed by atoms with Crippen molar-refractivity contribution in [3.63, 3.8) is 0 Å². The van der Waals surface area contributed by atoms with E-state index in [4.69, 9.17) is 9.47 Å². The third-order valence-electron chi connectivity index (χ3n) is 5.40. The maximum Gasteiger partial charge on any atom is 0.282 e. The van der Waals surface area contributed by atoms with Gasteiger partial charge in [-0.15, -0.1) is 0 Å². The molecule has 0 bridgehead atoms. The number of ether oxygens (including phenoxy) is 2. The summed E-state index contributed by atoms with van der Waals surface area (Å²) in [5.74, 6) is 1.89. The summed E-state index contributed by atoms with van der Waals surface area (Å²) in [6, 6.07) is 5.71. The number of fused-ring (bicyclic) bond motifs is 1. The Bertz CT molecular complexity index is 737. The fraction of sp³-hybridized carbons (Fsp3) is 0.667. The van der Waals surface area contributed by atoms with Gasteiger partial charge in [-0.05, 0) is 49.3 Å². The van der Waals surface area contributed by atoms with Crippen molar-refractivity contribution in [2.24, 2.45) is 5.92 Å². The van der Waals surface area contributed by atoms with Crippen LogP contribution in [0, 0.1) is 5.92 Å². The molecule has 25 heavy (non-hydrogen) atoms. The van der Waals surface area contributed by atoms with Crippen LogP contribution < -0.4 is 9.47 Å². The average Bonchev–Trinajstić information content (AvgIpc) is 3.12. The molecule has 0 spiro atoms. The Hall–Kier alpha value is -1.31. The maximum absolute atomic E-state index is 13.2. The fourth-order valence-electron chi connectivity index (χ4n) is 4.12. The van der Waals surface area contributed by atoms with Crippen LogP contribution in [0.15, 0.2) is 18.2 Å². The first-order chi connectivity index (χ1) is 12.1. The van der Waals surface area contributed by atoms with E-state index in [9.17, 15) is 8.42 Å². The van der Waals surface area contributed by atoms with E-state index in [-0.39, 0.29) is 6.04 Å². The lowest BCUT2D eigenvalue weighted by molar-refractivity contribution is 0.171. The van der Waals surface area contributed by atoms with Crippen molar-refractivity contribution >= 4 is 10.2 Å². The molecule has 0 aromatic heterocycles. The molecule has 2 unspecified atom stereocenters. The molecule has 4 rings (SSSR count). The zero-order valence-corrected chi connectivity index (χ0v) is 15.5. The summed E-state index contributed by atoms with van der Waals surface area (Å²) in [5.41, 5.74) is 0.996. The molecule has 0 amide bonds. The Kier molecular flexibility index (Phi) is 4.64.